The minimum absolute atomic E-state index is 0.309. The minimum Gasteiger partial charge on any atom is -0.296 e. The SMILES string of the molecule is O=Cc1cccc(-c2cc(Cl)c(Cl)c(Cl)c2)n1. The average molecular weight is 287 g/mol. The van der Waals surface area contributed by atoms with Crippen molar-refractivity contribution in [3.8, 4) is 11.3 Å². The van der Waals surface area contributed by atoms with Crippen LogP contribution in [0.1, 0.15) is 10.5 Å². The predicted molar refractivity (Wildman–Crippen MR) is 70.1 cm³/mol. The van der Waals surface area contributed by atoms with E-state index in [2.05, 4.69) is 4.98 Å². The van der Waals surface area contributed by atoms with Crippen molar-refractivity contribution >= 4 is 41.1 Å². The Bertz CT molecular complexity index is 561. The number of halogens is 3. The van der Waals surface area contributed by atoms with Gasteiger partial charge in [0.2, 0.25) is 0 Å². The highest BCUT2D eigenvalue weighted by atomic mass is 35.5. The predicted octanol–water partition coefficient (Wildman–Crippen LogP) is 4.52. The highest BCUT2D eigenvalue weighted by molar-refractivity contribution is 6.48. The number of aromatic nitrogens is 1. The van der Waals surface area contributed by atoms with Gasteiger partial charge in [0, 0.05) is 5.56 Å². The van der Waals surface area contributed by atoms with Gasteiger partial charge in [0.25, 0.3) is 0 Å². The van der Waals surface area contributed by atoms with Gasteiger partial charge in [0.05, 0.1) is 20.8 Å². The molecule has 0 spiro atoms. The minimum atomic E-state index is 0.309. The molecule has 2 aromatic rings. The monoisotopic (exact) mass is 285 g/mol. The highest BCUT2D eigenvalue weighted by Gasteiger charge is 2.08. The van der Waals surface area contributed by atoms with Crippen molar-refractivity contribution in [2.45, 2.75) is 0 Å². The number of hydrogen-bond donors (Lipinski definition) is 0. The molecule has 2 rings (SSSR count). The van der Waals surface area contributed by atoms with E-state index in [1.165, 1.54) is 0 Å². The summed E-state index contributed by atoms with van der Waals surface area (Å²) >= 11 is 17.7. The van der Waals surface area contributed by atoms with Crippen molar-refractivity contribution in [2.24, 2.45) is 0 Å². The zero-order valence-electron chi connectivity index (χ0n) is 8.45. The standard InChI is InChI=1S/C12H6Cl3NO/c13-9-4-7(5-10(14)12(9)15)11-3-1-2-8(6-17)16-11/h1-6H. The highest BCUT2D eigenvalue weighted by Crippen LogP contribution is 2.34. The Hall–Kier alpha value is -1.09. The third kappa shape index (κ3) is 2.60. The second-order valence-corrected chi connectivity index (χ2v) is 4.51. The number of benzene rings is 1. The summed E-state index contributed by atoms with van der Waals surface area (Å²) in [5.74, 6) is 0. The number of rotatable bonds is 2. The fraction of sp³-hybridized carbons (Fsp3) is 0. The first kappa shape index (κ1) is 12.4. The van der Waals surface area contributed by atoms with Gasteiger partial charge in [-0.2, -0.15) is 0 Å². The maximum atomic E-state index is 10.6. The van der Waals surface area contributed by atoms with Crippen LogP contribution in [-0.2, 0) is 0 Å². The third-order valence-corrected chi connectivity index (χ3v) is 3.37. The van der Waals surface area contributed by atoms with Crippen LogP contribution in [0.3, 0.4) is 0 Å². The van der Waals surface area contributed by atoms with E-state index < -0.39 is 0 Å². The van der Waals surface area contributed by atoms with Crippen LogP contribution < -0.4 is 0 Å². The Morgan fingerprint density at radius 3 is 2.29 bits per heavy atom. The van der Waals surface area contributed by atoms with E-state index in [4.69, 9.17) is 34.8 Å². The number of aldehydes is 1. The Kier molecular flexibility index (Phi) is 3.67. The third-order valence-electron chi connectivity index (χ3n) is 2.17. The van der Waals surface area contributed by atoms with Crippen LogP contribution in [0.5, 0.6) is 0 Å². The molecule has 17 heavy (non-hydrogen) atoms. The van der Waals surface area contributed by atoms with Crippen LogP contribution in [0.4, 0.5) is 0 Å². The molecule has 0 radical (unpaired) electrons. The summed E-state index contributed by atoms with van der Waals surface area (Å²) in [6.07, 6.45) is 0.683. The molecule has 1 aromatic heterocycles. The summed E-state index contributed by atoms with van der Waals surface area (Å²) in [7, 11) is 0. The quantitative estimate of drug-likeness (QED) is 0.600. The molecule has 0 saturated carbocycles. The average Bonchev–Trinajstić information content (AvgIpc) is 2.35. The first-order chi connectivity index (χ1) is 8.11. The van der Waals surface area contributed by atoms with Crippen molar-refractivity contribution in [1.82, 2.24) is 4.98 Å². The molecule has 0 aliphatic carbocycles. The van der Waals surface area contributed by atoms with Crippen molar-refractivity contribution in [3.05, 3.63) is 51.1 Å². The number of pyridine rings is 1. The zero-order chi connectivity index (χ0) is 12.4. The zero-order valence-corrected chi connectivity index (χ0v) is 10.7. The second kappa shape index (κ2) is 5.05. The molecule has 1 aromatic carbocycles. The van der Waals surface area contributed by atoms with Crippen molar-refractivity contribution in [1.29, 1.82) is 0 Å². The first-order valence-corrected chi connectivity index (χ1v) is 5.82. The first-order valence-electron chi connectivity index (χ1n) is 4.69. The topological polar surface area (TPSA) is 30.0 Å². The van der Waals surface area contributed by atoms with Crippen LogP contribution in [0.25, 0.3) is 11.3 Å². The van der Waals surface area contributed by atoms with Gasteiger partial charge in [-0.15, -0.1) is 0 Å². The van der Waals surface area contributed by atoms with Crippen LogP contribution in [-0.4, -0.2) is 11.3 Å². The lowest BCUT2D eigenvalue weighted by molar-refractivity contribution is 0.111. The van der Waals surface area contributed by atoms with Gasteiger partial charge < -0.3 is 0 Å². The van der Waals surface area contributed by atoms with E-state index in [9.17, 15) is 4.79 Å². The van der Waals surface area contributed by atoms with Crippen molar-refractivity contribution < 1.29 is 4.79 Å². The summed E-state index contributed by atoms with van der Waals surface area (Å²) < 4.78 is 0. The van der Waals surface area contributed by atoms with Crippen LogP contribution in [0.2, 0.25) is 15.1 Å². The summed E-state index contributed by atoms with van der Waals surface area (Å²) in [5.41, 5.74) is 1.69. The maximum Gasteiger partial charge on any atom is 0.168 e. The van der Waals surface area contributed by atoms with E-state index in [0.717, 1.165) is 0 Å². The van der Waals surface area contributed by atoms with Gasteiger partial charge in [0.15, 0.2) is 6.29 Å². The molecule has 0 fully saturated rings. The molecular weight excluding hydrogens is 280 g/mol. The number of carbonyl (C=O) groups excluding carboxylic acids is 1. The summed E-state index contributed by atoms with van der Waals surface area (Å²) in [6.45, 7) is 0. The van der Waals surface area contributed by atoms with Gasteiger partial charge in [0.1, 0.15) is 5.69 Å². The number of nitrogens with zero attached hydrogens (tertiary/aromatic N) is 1. The van der Waals surface area contributed by atoms with Crippen LogP contribution in [0.15, 0.2) is 30.3 Å². The fourth-order valence-corrected chi connectivity index (χ4v) is 1.98. The maximum absolute atomic E-state index is 10.6. The normalized spacial score (nSPS) is 10.3. The molecule has 0 aliphatic rings. The molecular formula is C12H6Cl3NO. The van der Waals surface area contributed by atoms with Crippen molar-refractivity contribution in [3.63, 3.8) is 0 Å². The number of hydrogen-bond acceptors (Lipinski definition) is 2. The molecule has 2 nitrogen and oxygen atoms in total. The molecule has 0 amide bonds. The molecule has 1 heterocycles. The van der Waals surface area contributed by atoms with Gasteiger partial charge >= 0.3 is 0 Å². The Labute approximate surface area is 113 Å². The smallest absolute Gasteiger partial charge is 0.168 e. The molecule has 0 bridgehead atoms. The Morgan fingerprint density at radius 2 is 1.71 bits per heavy atom. The van der Waals surface area contributed by atoms with E-state index in [-0.39, 0.29) is 0 Å². The van der Waals surface area contributed by atoms with E-state index in [1.807, 2.05) is 0 Å². The fourth-order valence-electron chi connectivity index (χ4n) is 1.38. The molecule has 0 aliphatic heterocycles. The lowest BCUT2D eigenvalue weighted by Gasteiger charge is -2.05. The summed E-state index contributed by atoms with van der Waals surface area (Å²) in [5, 5.41) is 1.02. The van der Waals surface area contributed by atoms with Crippen molar-refractivity contribution in [2.75, 3.05) is 0 Å². The van der Waals surface area contributed by atoms with E-state index in [0.29, 0.717) is 38.3 Å². The molecule has 0 unspecified atom stereocenters. The second-order valence-electron chi connectivity index (χ2n) is 3.32. The summed E-state index contributed by atoms with van der Waals surface area (Å²) in [6, 6.07) is 8.44. The lowest BCUT2D eigenvalue weighted by atomic mass is 10.1. The van der Waals surface area contributed by atoms with Crippen LogP contribution in [0, 0.1) is 0 Å². The lowest BCUT2D eigenvalue weighted by Crippen LogP contribution is -1.90. The molecule has 5 heteroatoms. The van der Waals surface area contributed by atoms with Gasteiger partial charge in [-0.3, -0.25) is 4.79 Å². The molecule has 0 atom stereocenters. The van der Waals surface area contributed by atoms with E-state index >= 15 is 0 Å². The molecule has 0 N–H and O–H groups in total. The molecule has 0 saturated heterocycles. The Balaban J connectivity index is 2.56. The summed E-state index contributed by atoms with van der Waals surface area (Å²) in [4.78, 5) is 14.8. The number of carbonyl (C=O) groups is 1. The van der Waals surface area contributed by atoms with Crippen LogP contribution >= 0.6 is 34.8 Å². The van der Waals surface area contributed by atoms with Gasteiger partial charge in [-0.1, -0.05) is 40.9 Å². The molecule has 86 valence electrons. The van der Waals surface area contributed by atoms with E-state index in [1.54, 1.807) is 30.3 Å². The largest absolute Gasteiger partial charge is 0.296 e. The Morgan fingerprint density at radius 1 is 1.06 bits per heavy atom. The van der Waals surface area contributed by atoms with Gasteiger partial charge in [-0.25, -0.2) is 4.98 Å². The van der Waals surface area contributed by atoms with Gasteiger partial charge in [-0.05, 0) is 24.3 Å².